The lowest BCUT2D eigenvalue weighted by molar-refractivity contribution is -0.119. The number of anilines is 1. The molecule has 0 saturated heterocycles. The lowest BCUT2D eigenvalue weighted by Crippen LogP contribution is -2.20. The molecule has 1 heterocycles. The molecule has 0 unspecified atom stereocenters. The van der Waals surface area contributed by atoms with Crippen LogP contribution in [0.15, 0.2) is 41.2 Å². The van der Waals surface area contributed by atoms with Gasteiger partial charge in [0.25, 0.3) is 17.4 Å². The second-order valence-electron chi connectivity index (χ2n) is 4.04. The Morgan fingerprint density at radius 1 is 1.19 bits per heavy atom. The molecule has 0 bridgehead atoms. The largest absolute Gasteiger partial charge is 0.484 e. The van der Waals surface area contributed by atoms with Crippen LogP contribution in [0, 0.1) is 0 Å². The number of nitrogens with zero attached hydrogens (tertiary/aromatic N) is 1. The summed E-state index contributed by atoms with van der Waals surface area (Å²) in [5.74, 6) is -0.581. The lowest BCUT2D eigenvalue weighted by Gasteiger charge is -2.06. The van der Waals surface area contributed by atoms with Gasteiger partial charge in [0.1, 0.15) is 11.4 Å². The molecule has 2 aromatic rings. The molecule has 0 radical (unpaired) electrons. The van der Waals surface area contributed by atoms with Crippen LogP contribution in [-0.4, -0.2) is 28.6 Å². The van der Waals surface area contributed by atoms with E-state index in [-0.39, 0.29) is 17.9 Å². The summed E-state index contributed by atoms with van der Waals surface area (Å²) in [5.41, 5.74) is 5.17. The van der Waals surface area contributed by atoms with Gasteiger partial charge in [0, 0.05) is 11.8 Å². The number of H-pyrrole nitrogens is 1. The molecule has 0 aliphatic carbocycles. The number of aromatic nitrogens is 2. The van der Waals surface area contributed by atoms with Gasteiger partial charge in [-0.1, -0.05) is 0 Å². The molecule has 8 heteroatoms. The highest BCUT2D eigenvalue weighted by atomic mass is 16.5. The maximum absolute atomic E-state index is 11.8. The van der Waals surface area contributed by atoms with Gasteiger partial charge in [-0.15, -0.1) is 0 Å². The average molecular weight is 288 g/mol. The SMILES string of the molecule is NC(=O)COc1ccc(NC(=O)c2ccc(=O)[nH]n2)cc1. The number of nitrogens with two attached hydrogens (primary N) is 1. The van der Waals surface area contributed by atoms with Gasteiger partial charge < -0.3 is 15.8 Å². The first-order valence-corrected chi connectivity index (χ1v) is 5.93. The van der Waals surface area contributed by atoms with Gasteiger partial charge in [-0.05, 0) is 30.3 Å². The molecule has 1 aromatic carbocycles. The maximum Gasteiger partial charge on any atom is 0.276 e. The molecule has 0 saturated carbocycles. The highest BCUT2D eigenvalue weighted by Crippen LogP contribution is 2.16. The Balaban J connectivity index is 1.99. The highest BCUT2D eigenvalue weighted by Gasteiger charge is 2.07. The van der Waals surface area contributed by atoms with Gasteiger partial charge in [0.15, 0.2) is 6.61 Å². The van der Waals surface area contributed by atoms with Crippen LogP contribution in [0.3, 0.4) is 0 Å². The quantitative estimate of drug-likeness (QED) is 0.707. The Morgan fingerprint density at radius 3 is 2.48 bits per heavy atom. The summed E-state index contributed by atoms with van der Waals surface area (Å²) >= 11 is 0. The van der Waals surface area contributed by atoms with Crippen molar-refractivity contribution in [3.05, 3.63) is 52.4 Å². The minimum Gasteiger partial charge on any atom is -0.484 e. The first-order valence-electron chi connectivity index (χ1n) is 5.93. The van der Waals surface area contributed by atoms with Crippen molar-refractivity contribution in [2.24, 2.45) is 5.73 Å². The number of hydrogen-bond acceptors (Lipinski definition) is 5. The lowest BCUT2D eigenvalue weighted by atomic mass is 10.3. The van der Waals surface area contributed by atoms with Crippen molar-refractivity contribution >= 4 is 17.5 Å². The molecule has 0 fully saturated rings. The van der Waals surface area contributed by atoms with Crippen LogP contribution in [0.4, 0.5) is 5.69 Å². The van der Waals surface area contributed by atoms with Gasteiger partial charge in [-0.2, -0.15) is 5.10 Å². The molecule has 0 spiro atoms. The number of rotatable bonds is 5. The van der Waals surface area contributed by atoms with Crippen LogP contribution >= 0.6 is 0 Å². The topological polar surface area (TPSA) is 127 Å². The zero-order valence-corrected chi connectivity index (χ0v) is 10.8. The zero-order valence-electron chi connectivity index (χ0n) is 10.8. The van der Waals surface area contributed by atoms with Gasteiger partial charge in [0.05, 0.1) is 0 Å². The van der Waals surface area contributed by atoms with E-state index in [4.69, 9.17) is 10.5 Å². The summed E-state index contributed by atoms with van der Waals surface area (Å²) in [6.45, 7) is -0.215. The van der Waals surface area contributed by atoms with E-state index in [0.29, 0.717) is 11.4 Å². The standard InChI is InChI=1S/C13H12N4O4/c14-11(18)7-21-9-3-1-8(2-4-9)15-13(20)10-5-6-12(19)17-16-10/h1-6H,7H2,(H2,14,18)(H,15,20)(H,17,19). The first kappa shape index (κ1) is 14.3. The van der Waals surface area contributed by atoms with Crippen molar-refractivity contribution in [3.63, 3.8) is 0 Å². The summed E-state index contributed by atoms with van der Waals surface area (Å²) in [4.78, 5) is 33.3. The molecule has 0 aliphatic rings. The fourth-order valence-electron chi connectivity index (χ4n) is 1.46. The summed E-state index contributed by atoms with van der Waals surface area (Å²) in [7, 11) is 0. The number of nitrogens with one attached hydrogen (secondary N) is 2. The Hall–Kier alpha value is -3.16. The van der Waals surface area contributed by atoms with Crippen molar-refractivity contribution in [2.75, 3.05) is 11.9 Å². The number of benzene rings is 1. The fraction of sp³-hybridized carbons (Fsp3) is 0.0769. The smallest absolute Gasteiger partial charge is 0.276 e. The van der Waals surface area contributed by atoms with E-state index >= 15 is 0 Å². The second kappa shape index (κ2) is 6.33. The third-order valence-corrected chi connectivity index (χ3v) is 2.41. The van der Waals surface area contributed by atoms with Crippen LogP contribution in [-0.2, 0) is 4.79 Å². The number of primary amides is 1. The van der Waals surface area contributed by atoms with Gasteiger partial charge in [0.2, 0.25) is 0 Å². The highest BCUT2D eigenvalue weighted by molar-refractivity contribution is 6.02. The third-order valence-electron chi connectivity index (χ3n) is 2.41. The van der Waals surface area contributed by atoms with Crippen LogP contribution in [0.1, 0.15) is 10.5 Å². The predicted octanol–water partition coefficient (Wildman–Crippen LogP) is -0.114. The second-order valence-corrected chi connectivity index (χ2v) is 4.04. The van der Waals surface area contributed by atoms with Crippen LogP contribution in [0.2, 0.25) is 0 Å². The van der Waals surface area contributed by atoms with Gasteiger partial charge >= 0.3 is 0 Å². The van der Waals surface area contributed by atoms with Crippen molar-refractivity contribution in [2.45, 2.75) is 0 Å². The first-order chi connectivity index (χ1) is 10.0. The Labute approximate surface area is 118 Å². The van der Waals surface area contributed by atoms with E-state index in [0.717, 1.165) is 0 Å². The van der Waals surface area contributed by atoms with Crippen molar-refractivity contribution in [1.82, 2.24) is 10.2 Å². The van der Waals surface area contributed by atoms with Crippen LogP contribution in [0.5, 0.6) is 5.75 Å². The van der Waals surface area contributed by atoms with Crippen LogP contribution < -0.4 is 21.3 Å². The van der Waals surface area contributed by atoms with E-state index in [1.165, 1.54) is 12.1 Å². The molecule has 108 valence electrons. The molecule has 1 aromatic heterocycles. The number of amides is 2. The molecule has 2 amide bonds. The number of ether oxygens (including phenoxy) is 1. The monoisotopic (exact) mass is 288 g/mol. The molecular weight excluding hydrogens is 276 g/mol. The number of aromatic amines is 1. The van der Waals surface area contributed by atoms with Crippen molar-refractivity contribution in [3.8, 4) is 5.75 Å². The minimum absolute atomic E-state index is 0.0867. The zero-order chi connectivity index (χ0) is 15.2. The Bertz CT molecular complexity index is 688. The van der Waals surface area contributed by atoms with Gasteiger partial charge in [-0.3, -0.25) is 14.4 Å². The molecule has 2 rings (SSSR count). The normalized spacial score (nSPS) is 9.90. The van der Waals surface area contributed by atoms with E-state index in [9.17, 15) is 14.4 Å². The van der Waals surface area contributed by atoms with Crippen molar-refractivity contribution in [1.29, 1.82) is 0 Å². The number of hydrogen-bond donors (Lipinski definition) is 3. The van der Waals surface area contributed by atoms with E-state index in [1.54, 1.807) is 24.3 Å². The fourth-order valence-corrected chi connectivity index (χ4v) is 1.46. The number of carbonyl (C=O) groups excluding carboxylic acids is 2. The molecule has 4 N–H and O–H groups in total. The molecular formula is C13H12N4O4. The number of carbonyl (C=O) groups is 2. The Kier molecular flexibility index (Phi) is 4.30. The maximum atomic E-state index is 11.8. The van der Waals surface area contributed by atoms with Crippen LogP contribution in [0.25, 0.3) is 0 Å². The van der Waals surface area contributed by atoms with Crippen molar-refractivity contribution < 1.29 is 14.3 Å². The Morgan fingerprint density at radius 2 is 1.90 bits per heavy atom. The minimum atomic E-state index is -0.573. The van der Waals surface area contributed by atoms with E-state index in [2.05, 4.69) is 15.5 Å². The van der Waals surface area contributed by atoms with E-state index < -0.39 is 11.8 Å². The summed E-state index contributed by atoms with van der Waals surface area (Å²) in [5, 5.41) is 8.39. The third kappa shape index (κ3) is 4.16. The average Bonchev–Trinajstić information content (AvgIpc) is 2.47. The molecule has 8 nitrogen and oxygen atoms in total. The summed E-state index contributed by atoms with van der Waals surface area (Å²) in [6.07, 6.45) is 0. The summed E-state index contributed by atoms with van der Waals surface area (Å²) in [6, 6.07) is 8.89. The molecule has 21 heavy (non-hydrogen) atoms. The van der Waals surface area contributed by atoms with E-state index in [1.807, 2.05) is 0 Å². The molecule has 0 aliphatic heterocycles. The summed E-state index contributed by atoms with van der Waals surface area (Å²) < 4.78 is 5.09. The molecule has 0 atom stereocenters. The predicted molar refractivity (Wildman–Crippen MR) is 73.9 cm³/mol. The van der Waals surface area contributed by atoms with Gasteiger partial charge in [-0.25, -0.2) is 5.10 Å².